The number of hydrogen-bond acceptors (Lipinski definition) is 6. The highest BCUT2D eigenvalue weighted by Gasteiger charge is 2.52. The van der Waals surface area contributed by atoms with Crippen molar-refractivity contribution >= 4 is 24.2 Å². The Balaban J connectivity index is 1.84. The van der Waals surface area contributed by atoms with Crippen LogP contribution in [0.4, 0.5) is 5.69 Å². The number of anilines is 1. The second-order valence-electron chi connectivity index (χ2n) is 7.56. The molecule has 1 aromatic heterocycles. The average molecular weight is 364 g/mol. The predicted octanol–water partition coefficient (Wildman–Crippen LogP) is 2.21. The fraction of sp³-hybridized carbons (Fsp3) is 0.368. The number of benzene rings is 1. The minimum Gasteiger partial charge on any atom is -0.399 e. The van der Waals surface area contributed by atoms with Gasteiger partial charge in [-0.15, -0.1) is 5.10 Å². The molecule has 138 valence electrons. The Morgan fingerprint density at radius 3 is 2.48 bits per heavy atom. The van der Waals surface area contributed by atoms with Crippen molar-refractivity contribution in [1.29, 1.82) is 5.26 Å². The van der Waals surface area contributed by atoms with Crippen molar-refractivity contribution in [3.63, 3.8) is 0 Å². The van der Waals surface area contributed by atoms with Crippen LogP contribution in [0.3, 0.4) is 0 Å². The van der Waals surface area contributed by atoms with Crippen molar-refractivity contribution in [3.05, 3.63) is 47.3 Å². The number of amides is 1. The van der Waals surface area contributed by atoms with E-state index >= 15 is 0 Å². The van der Waals surface area contributed by atoms with Crippen LogP contribution in [0.2, 0.25) is 0 Å². The highest BCUT2D eigenvalue weighted by molar-refractivity contribution is 6.62. The van der Waals surface area contributed by atoms with Gasteiger partial charge in [0.2, 0.25) is 0 Å². The molecule has 0 aliphatic carbocycles. The summed E-state index contributed by atoms with van der Waals surface area (Å²) in [7, 11) is -0.520. The molecular weight excluding hydrogens is 343 g/mol. The molecule has 1 aliphatic rings. The Labute approximate surface area is 158 Å². The molecule has 1 saturated heterocycles. The highest BCUT2D eigenvalue weighted by atomic mass is 16.7. The fourth-order valence-electron chi connectivity index (χ4n) is 2.68. The van der Waals surface area contributed by atoms with Crippen LogP contribution in [0.25, 0.3) is 0 Å². The van der Waals surface area contributed by atoms with Crippen LogP contribution in [-0.4, -0.2) is 34.4 Å². The van der Waals surface area contributed by atoms with E-state index in [1.807, 2.05) is 52.8 Å². The molecule has 1 N–H and O–H groups in total. The van der Waals surface area contributed by atoms with E-state index in [1.54, 1.807) is 6.07 Å². The van der Waals surface area contributed by atoms with E-state index in [9.17, 15) is 4.79 Å². The molecule has 1 amide bonds. The molecule has 0 saturated carbocycles. The summed E-state index contributed by atoms with van der Waals surface area (Å²) >= 11 is 0. The molecule has 1 aromatic carbocycles. The minimum atomic E-state index is -0.520. The number of nitriles is 1. The zero-order chi connectivity index (χ0) is 19.8. The third kappa shape index (κ3) is 3.70. The zero-order valence-electron chi connectivity index (χ0n) is 16.0. The van der Waals surface area contributed by atoms with Gasteiger partial charge < -0.3 is 14.6 Å². The predicted molar refractivity (Wildman–Crippen MR) is 102 cm³/mol. The number of carbonyl (C=O) groups excluding carboxylic acids is 1. The summed E-state index contributed by atoms with van der Waals surface area (Å²) < 4.78 is 12.2. The quantitative estimate of drug-likeness (QED) is 0.839. The van der Waals surface area contributed by atoms with Crippen molar-refractivity contribution in [2.75, 3.05) is 5.32 Å². The van der Waals surface area contributed by atoms with Gasteiger partial charge in [-0.05, 0) is 58.3 Å². The van der Waals surface area contributed by atoms with Gasteiger partial charge in [0.15, 0.2) is 5.69 Å². The van der Waals surface area contributed by atoms with Gasteiger partial charge in [0.25, 0.3) is 5.91 Å². The number of aromatic nitrogens is 2. The molecular formula is C19H21BN4O3. The zero-order valence-corrected chi connectivity index (χ0v) is 16.0. The third-order valence-corrected chi connectivity index (χ3v) is 5.06. The van der Waals surface area contributed by atoms with Gasteiger partial charge >= 0.3 is 7.12 Å². The molecule has 3 rings (SSSR count). The van der Waals surface area contributed by atoms with Gasteiger partial charge in [-0.3, -0.25) is 4.79 Å². The molecule has 27 heavy (non-hydrogen) atoms. The van der Waals surface area contributed by atoms with Gasteiger partial charge in [0, 0.05) is 5.69 Å². The maximum absolute atomic E-state index is 12.4. The first-order valence-electron chi connectivity index (χ1n) is 8.63. The molecule has 0 spiro atoms. The Hall–Kier alpha value is -2.76. The Kier molecular flexibility index (Phi) is 4.76. The topological polar surface area (TPSA) is 97.1 Å². The first-order chi connectivity index (χ1) is 12.6. The molecule has 0 unspecified atom stereocenters. The van der Waals surface area contributed by atoms with Gasteiger partial charge in [0.05, 0.1) is 23.0 Å². The van der Waals surface area contributed by atoms with Gasteiger partial charge in [0.1, 0.15) is 6.07 Å². The summed E-state index contributed by atoms with van der Waals surface area (Å²) in [5, 5.41) is 19.2. The van der Waals surface area contributed by atoms with Crippen LogP contribution in [0.15, 0.2) is 30.5 Å². The lowest BCUT2D eigenvalue weighted by Gasteiger charge is -2.32. The summed E-state index contributed by atoms with van der Waals surface area (Å²) in [6.07, 6.45) is 1.30. The Bertz CT molecular complexity index is 921. The number of nitrogens with zero attached hydrogens (tertiary/aromatic N) is 3. The molecule has 8 heteroatoms. The Morgan fingerprint density at radius 1 is 1.19 bits per heavy atom. The lowest BCUT2D eigenvalue weighted by molar-refractivity contribution is 0.00578. The third-order valence-electron chi connectivity index (χ3n) is 5.06. The first kappa shape index (κ1) is 19.0. The lowest BCUT2D eigenvalue weighted by atomic mass is 9.76. The summed E-state index contributed by atoms with van der Waals surface area (Å²) in [4.78, 5) is 12.4. The minimum absolute atomic E-state index is 0.0757. The van der Waals surface area contributed by atoms with Crippen LogP contribution < -0.4 is 10.8 Å². The summed E-state index contributed by atoms with van der Waals surface area (Å²) in [6.45, 7) is 9.95. The number of hydrogen-bond donors (Lipinski definition) is 1. The molecule has 2 aromatic rings. The molecule has 1 fully saturated rings. The summed E-state index contributed by atoms with van der Waals surface area (Å²) in [5.74, 6) is -0.441. The first-order valence-corrected chi connectivity index (χ1v) is 8.63. The highest BCUT2D eigenvalue weighted by Crippen LogP contribution is 2.36. The van der Waals surface area contributed by atoms with E-state index in [0.29, 0.717) is 5.69 Å². The standard InChI is InChI=1S/C19H21BN4O3/c1-12-6-7-14(23-17(25)16-8-13(10-21)11-22-24-16)9-15(12)20-26-18(2,3)19(4,5)27-20/h6-9,11H,1-5H3,(H,23,25). The van der Waals surface area contributed by atoms with Crippen molar-refractivity contribution in [1.82, 2.24) is 10.2 Å². The second kappa shape index (κ2) is 6.76. The van der Waals surface area contributed by atoms with Crippen molar-refractivity contribution in [2.24, 2.45) is 0 Å². The molecule has 7 nitrogen and oxygen atoms in total. The largest absolute Gasteiger partial charge is 0.495 e. The van der Waals surface area contributed by atoms with E-state index in [0.717, 1.165) is 11.0 Å². The second-order valence-corrected chi connectivity index (χ2v) is 7.56. The summed E-state index contributed by atoms with van der Waals surface area (Å²) in [6, 6.07) is 8.86. The number of rotatable bonds is 3. The van der Waals surface area contributed by atoms with E-state index in [1.165, 1.54) is 12.3 Å². The fourth-order valence-corrected chi connectivity index (χ4v) is 2.68. The lowest BCUT2D eigenvalue weighted by Crippen LogP contribution is -2.41. The average Bonchev–Trinajstić information content (AvgIpc) is 2.84. The normalized spacial score (nSPS) is 17.4. The van der Waals surface area contributed by atoms with Crippen LogP contribution in [0.5, 0.6) is 0 Å². The van der Waals surface area contributed by atoms with Crippen molar-refractivity contribution in [2.45, 2.75) is 45.8 Å². The monoisotopic (exact) mass is 364 g/mol. The van der Waals surface area contributed by atoms with Crippen LogP contribution in [-0.2, 0) is 9.31 Å². The van der Waals surface area contributed by atoms with Gasteiger partial charge in [-0.2, -0.15) is 10.4 Å². The van der Waals surface area contributed by atoms with E-state index in [-0.39, 0.29) is 11.3 Å². The van der Waals surface area contributed by atoms with Crippen LogP contribution >= 0.6 is 0 Å². The van der Waals surface area contributed by atoms with E-state index < -0.39 is 24.2 Å². The number of aryl methyl sites for hydroxylation is 1. The van der Waals surface area contributed by atoms with E-state index in [4.69, 9.17) is 14.6 Å². The molecule has 2 heterocycles. The maximum Gasteiger partial charge on any atom is 0.495 e. The van der Waals surface area contributed by atoms with Crippen molar-refractivity contribution < 1.29 is 14.1 Å². The van der Waals surface area contributed by atoms with E-state index in [2.05, 4.69) is 15.5 Å². The molecule has 1 aliphatic heterocycles. The molecule has 0 atom stereocenters. The van der Waals surface area contributed by atoms with Crippen LogP contribution in [0.1, 0.15) is 49.3 Å². The van der Waals surface area contributed by atoms with Crippen LogP contribution in [0, 0.1) is 18.3 Å². The Morgan fingerprint density at radius 2 is 1.85 bits per heavy atom. The molecule has 0 radical (unpaired) electrons. The smallest absolute Gasteiger partial charge is 0.399 e. The SMILES string of the molecule is Cc1ccc(NC(=O)c2cc(C#N)cnn2)cc1B1OC(C)(C)C(C)(C)O1. The maximum atomic E-state index is 12.4. The van der Waals surface area contributed by atoms with Gasteiger partial charge in [-0.1, -0.05) is 11.6 Å². The molecule has 0 bridgehead atoms. The number of carbonyl (C=O) groups is 1. The summed E-state index contributed by atoms with van der Waals surface area (Å²) in [5.41, 5.74) is 1.89. The van der Waals surface area contributed by atoms with Crippen molar-refractivity contribution in [3.8, 4) is 6.07 Å². The number of nitrogens with one attached hydrogen (secondary N) is 1. The van der Waals surface area contributed by atoms with Gasteiger partial charge in [-0.25, -0.2) is 0 Å².